The highest BCUT2D eigenvalue weighted by Gasteiger charge is 2.19. The first-order valence-corrected chi connectivity index (χ1v) is 6.66. The number of piperazine rings is 1. The van der Waals surface area contributed by atoms with Gasteiger partial charge < -0.3 is 9.47 Å². The molecule has 2 rings (SSSR count). The first kappa shape index (κ1) is 14.6. The molecule has 108 valence electrons. The van der Waals surface area contributed by atoms with Gasteiger partial charge in [0.05, 0.1) is 26.8 Å². The Bertz CT molecular complexity index is 479. The van der Waals surface area contributed by atoms with Crippen LogP contribution in [0, 0.1) is 11.3 Å². The molecule has 6 heteroatoms. The van der Waals surface area contributed by atoms with Gasteiger partial charge in [-0.3, -0.25) is 14.8 Å². The van der Waals surface area contributed by atoms with Crippen LogP contribution in [0.5, 0.6) is 11.5 Å². The number of nitriles is 1. The quantitative estimate of drug-likeness (QED) is 0.739. The number of methoxy groups -OCH3 is 2. The Morgan fingerprint density at radius 3 is 2.50 bits per heavy atom. The van der Waals surface area contributed by atoms with Gasteiger partial charge in [-0.05, 0) is 0 Å². The zero-order valence-electron chi connectivity index (χ0n) is 12.0. The minimum absolute atomic E-state index is 0.509. The second kappa shape index (κ2) is 7.08. The van der Waals surface area contributed by atoms with Gasteiger partial charge in [0.2, 0.25) is 0 Å². The fraction of sp³-hybridized carbons (Fsp3) is 0.571. The molecule has 6 nitrogen and oxygen atoms in total. The minimum atomic E-state index is 0.509. The van der Waals surface area contributed by atoms with E-state index in [9.17, 15) is 0 Å². The number of ether oxygens (including phenoxy) is 2. The summed E-state index contributed by atoms with van der Waals surface area (Å²) in [4.78, 5) is 8.87. The molecule has 1 aromatic heterocycles. The smallest absolute Gasteiger partial charge is 0.183 e. The number of aromatic nitrogens is 1. The van der Waals surface area contributed by atoms with E-state index < -0.39 is 0 Å². The van der Waals surface area contributed by atoms with Crippen LogP contribution >= 0.6 is 0 Å². The highest BCUT2D eigenvalue weighted by atomic mass is 16.5. The summed E-state index contributed by atoms with van der Waals surface area (Å²) in [5, 5.41) is 8.70. The molecular formula is C14H20N4O2. The fourth-order valence-corrected chi connectivity index (χ4v) is 2.38. The number of pyridine rings is 1. The largest absolute Gasteiger partial charge is 0.493 e. The third kappa shape index (κ3) is 3.38. The van der Waals surface area contributed by atoms with Gasteiger partial charge in [0, 0.05) is 45.0 Å². The van der Waals surface area contributed by atoms with E-state index in [4.69, 9.17) is 14.7 Å². The number of rotatable bonds is 5. The Morgan fingerprint density at radius 2 is 1.90 bits per heavy atom. The average molecular weight is 276 g/mol. The van der Waals surface area contributed by atoms with E-state index in [2.05, 4.69) is 20.9 Å². The van der Waals surface area contributed by atoms with Gasteiger partial charge in [-0.25, -0.2) is 0 Å². The SMILES string of the molecule is COc1ccnc(CN2CCN(CC#N)CC2)c1OC. The van der Waals surface area contributed by atoms with E-state index >= 15 is 0 Å². The van der Waals surface area contributed by atoms with Crippen molar-refractivity contribution < 1.29 is 9.47 Å². The van der Waals surface area contributed by atoms with E-state index in [1.165, 1.54) is 0 Å². The first-order valence-electron chi connectivity index (χ1n) is 6.66. The van der Waals surface area contributed by atoms with E-state index in [-0.39, 0.29) is 0 Å². The van der Waals surface area contributed by atoms with Crippen molar-refractivity contribution in [2.24, 2.45) is 0 Å². The maximum absolute atomic E-state index is 8.70. The number of nitrogens with zero attached hydrogens (tertiary/aromatic N) is 4. The van der Waals surface area contributed by atoms with Crippen LogP contribution in [-0.4, -0.2) is 61.7 Å². The third-order valence-corrected chi connectivity index (χ3v) is 3.50. The molecule has 2 heterocycles. The van der Waals surface area contributed by atoms with Gasteiger partial charge in [0.15, 0.2) is 11.5 Å². The minimum Gasteiger partial charge on any atom is -0.493 e. The van der Waals surface area contributed by atoms with Crippen LogP contribution in [0.3, 0.4) is 0 Å². The van der Waals surface area contributed by atoms with Gasteiger partial charge in [-0.2, -0.15) is 5.26 Å². The van der Waals surface area contributed by atoms with E-state index in [0.29, 0.717) is 18.0 Å². The Morgan fingerprint density at radius 1 is 1.20 bits per heavy atom. The molecule has 0 amide bonds. The molecular weight excluding hydrogens is 256 g/mol. The Kier molecular flexibility index (Phi) is 5.16. The summed E-state index contributed by atoms with van der Waals surface area (Å²) in [5.41, 5.74) is 0.889. The lowest BCUT2D eigenvalue weighted by atomic mass is 10.2. The van der Waals surface area contributed by atoms with Crippen molar-refractivity contribution in [1.82, 2.24) is 14.8 Å². The van der Waals surface area contributed by atoms with Crippen LogP contribution in [0.25, 0.3) is 0 Å². The van der Waals surface area contributed by atoms with E-state index in [1.54, 1.807) is 26.5 Å². The zero-order valence-corrected chi connectivity index (χ0v) is 12.0. The predicted octanol–water partition coefficient (Wildman–Crippen LogP) is 0.740. The molecule has 1 saturated heterocycles. The molecule has 0 N–H and O–H groups in total. The number of hydrogen-bond acceptors (Lipinski definition) is 6. The molecule has 0 aromatic carbocycles. The maximum atomic E-state index is 8.70. The number of hydrogen-bond donors (Lipinski definition) is 0. The predicted molar refractivity (Wildman–Crippen MR) is 74.7 cm³/mol. The lowest BCUT2D eigenvalue weighted by molar-refractivity contribution is 0.135. The van der Waals surface area contributed by atoms with Crippen molar-refractivity contribution in [3.8, 4) is 17.6 Å². The zero-order chi connectivity index (χ0) is 14.4. The van der Waals surface area contributed by atoms with Crippen molar-refractivity contribution in [1.29, 1.82) is 5.26 Å². The molecule has 0 spiro atoms. The van der Waals surface area contributed by atoms with Crippen LogP contribution in [-0.2, 0) is 6.54 Å². The molecule has 0 radical (unpaired) electrons. The Hall–Kier alpha value is -1.84. The van der Waals surface area contributed by atoms with Crippen LogP contribution in [0.4, 0.5) is 0 Å². The monoisotopic (exact) mass is 276 g/mol. The summed E-state index contributed by atoms with van der Waals surface area (Å²) in [6.45, 7) is 4.95. The van der Waals surface area contributed by atoms with Gasteiger partial charge in [0.1, 0.15) is 5.69 Å². The third-order valence-electron chi connectivity index (χ3n) is 3.50. The average Bonchev–Trinajstić information content (AvgIpc) is 2.49. The summed E-state index contributed by atoms with van der Waals surface area (Å²) < 4.78 is 10.7. The molecule has 1 fully saturated rings. The molecule has 0 saturated carbocycles. The molecule has 20 heavy (non-hydrogen) atoms. The summed E-state index contributed by atoms with van der Waals surface area (Å²) in [6, 6.07) is 3.99. The summed E-state index contributed by atoms with van der Waals surface area (Å²) in [5.74, 6) is 1.41. The standard InChI is InChI=1S/C14H20N4O2/c1-19-13-3-5-16-12(14(13)20-2)11-18-9-7-17(6-4-15)8-10-18/h3,5H,6-11H2,1-2H3. The van der Waals surface area contributed by atoms with Crippen molar-refractivity contribution >= 4 is 0 Å². The molecule has 0 atom stereocenters. The molecule has 1 aliphatic heterocycles. The van der Waals surface area contributed by atoms with E-state index in [0.717, 1.165) is 38.4 Å². The van der Waals surface area contributed by atoms with Crippen molar-refractivity contribution in [2.45, 2.75) is 6.54 Å². The molecule has 1 aromatic rings. The Labute approximate surface area is 119 Å². The van der Waals surface area contributed by atoms with Gasteiger partial charge in [0.25, 0.3) is 0 Å². The molecule has 1 aliphatic rings. The Balaban J connectivity index is 1.99. The van der Waals surface area contributed by atoms with Crippen LogP contribution < -0.4 is 9.47 Å². The van der Waals surface area contributed by atoms with Crippen LogP contribution in [0.1, 0.15) is 5.69 Å². The summed E-state index contributed by atoms with van der Waals surface area (Å²) in [6.07, 6.45) is 1.74. The molecule has 0 unspecified atom stereocenters. The second-order valence-corrected chi connectivity index (χ2v) is 4.70. The summed E-state index contributed by atoms with van der Waals surface area (Å²) >= 11 is 0. The van der Waals surface area contributed by atoms with Crippen molar-refractivity contribution in [3.63, 3.8) is 0 Å². The van der Waals surface area contributed by atoms with Gasteiger partial charge in [-0.15, -0.1) is 0 Å². The fourth-order valence-electron chi connectivity index (χ4n) is 2.38. The highest BCUT2D eigenvalue weighted by Crippen LogP contribution is 2.29. The van der Waals surface area contributed by atoms with E-state index in [1.807, 2.05) is 0 Å². The van der Waals surface area contributed by atoms with Gasteiger partial charge >= 0.3 is 0 Å². The second-order valence-electron chi connectivity index (χ2n) is 4.70. The molecule has 0 aliphatic carbocycles. The van der Waals surface area contributed by atoms with Crippen LogP contribution in [0.15, 0.2) is 12.3 Å². The van der Waals surface area contributed by atoms with Crippen LogP contribution in [0.2, 0.25) is 0 Å². The maximum Gasteiger partial charge on any atom is 0.183 e. The topological polar surface area (TPSA) is 61.6 Å². The first-order chi connectivity index (χ1) is 9.78. The van der Waals surface area contributed by atoms with Gasteiger partial charge in [-0.1, -0.05) is 0 Å². The lowest BCUT2D eigenvalue weighted by Crippen LogP contribution is -2.45. The highest BCUT2D eigenvalue weighted by molar-refractivity contribution is 5.42. The molecule has 0 bridgehead atoms. The normalized spacial score (nSPS) is 16.6. The van der Waals surface area contributed by atoms with Crippen molar-refractivity contribution in [3.05, 3.63) is 18.0 Å². The van der Waals surface area contributed by atoms with Crippen molar-refractivity contribution in [2.75, 3.05) is 46.9 Å². The lowest BCUT2D eigenvalue weighted by Gasteiger charge is -2.33. The summed E-state index contributed by atoms with van der Waals surface area (Å²) in [7, 11) is 3.26.